The smallest absolute Gasteiger partial charge is 0.313 e. The van der Waals surface area contributed by atoms with Gasteiger partial charge in [-0.3, -0.25) is 14.2 Å². The third kappa shape index (κ3) is 2.90. The number of carboxylic acids is 1. The van der Waals surface area contributed by atoms with E-state index in [1.165, 1.54) is 0 Å². The molecule has 0 aliphatic carbocycles. The van der Waals surface area contributed by atoms with Gasteiger partial charge in [-0.25, -0.2) is 9.97 Å². The molecule has 0 aliphatic heterocycles. The number of imidazole rings is 1. The van der Waals surface area contributed by atoms with Crippen LogP contribution in [0.25, 0.3) is 11.2 Å². The number of carbonyl (C=O) groups excluding carboxylic acids is 1. The first-order valence-corrected chi connectivity index (χ1v) is 6.88. The predicted molar refractivity (Wildman–Crippen MR) is 74.7 cm³/mol. The van der Waals surface area contributed by atoms with Crippen molar-refractivity contribution in [3.63, 3.8) is 0 Å². The van der Waals surface area contributed by atoms with E-state index in [0.717, 1.165) is 17.3 Å². The molecule has 0 aliphatic rings. The van der Waals surface area contributed by atoms with Crippen molar-refractivity contribution in [2.75, 3.05) is 12.8 Å². The molecule has 2 aromatic rings. The molecule has 2 aromatic heterocycles. The second-order valence-corrected chi connectivity index (χ2v) is 5.08. The Bertz CT molecular complexity index is 668. The largest absolute Gasteiger partial charge is 0.481 e. The minimum absolute atomic E-state index is 0.0609. The first-order valence-electron chi connectivity index (χ1n) is 5.90. The third-order valence-corrected chi connectivity index (χ3v) is 3.67. The average molecular weight is 294 g/mol. The monoisotopic (exact) mass is 294 g/mol. The van der Waals surface area contributed by atoms with Crippen LogP contribution in [-0.2, 0) is 16.1 Å². The minimum Gasteiger partial charge on any atom is -0.481 e. The average Bonchev–Trinajstić information content (AvgIpc) is 2.76. The van der Waals surface area contributed by atoms with Crippen LogP contribution >= 0.6 is 11.8 Å². The Balaban J connectivity index is 2.47. The summed E-state index contributed by atoms with van der Waals surface area (Å²) in [5.41, 5.74) is 2.20. The quantitative estimate of drug-likeness (QED) is 0.786. The van der Waals surface area contributed by atoms with Gasteiger partial charge in [0.15, 0.2) is 10.8 Å². The zero-order valence-electron chi connectivity index (χ0n) is 11.1. The van der Waals surface area contributed by atoms with Crippen molar-refractivity contribution in [1.82, 2.24) is 19.9 Å². The maximum Gasteiger partial charge on any atom is 0.313 e. The lowest BCUT2D eigenvalue weighted by Gasteiger charge is -2.06. The number of nitrogens with one attached hydrogen (secondary N) is 1. The highest BCUT2D eigenvalue weighted by Crippen LogP contribution is 2.24. The number of rotatable bonds is 5. The molecule has 106 valence electrons. The molecule has 0 atom stereocenters. The van der Waals surface area contributed by atoms with E-state index in [0.29, 0.717) is 16.3 Å². The van der Waals surface area contributed by atoms with Gasteiger partial charge in [-0.05, 0) is 18.6 Å². The lowest BCUT2D eigenvalue weighted by molar-refractivity contribution is -0.133. The van der Waals surface area contributed by atoms with Gasteiger partial charge >= 0.3 is 5.97 Å². The molecule has 0 aromatic carbocycles. The Morgan fingerprint density at radius 1 is 1.50 bits per heavy atom. The number of carboxylic acid groups (broad SMARTS) is 1. The molecule has 0 saturated carbocycles. The second-order valence-electron chi connectivity index (χ2n) is 4.14. The van der Waals surface area contributed by atoms with E-state index < -0.39 is 5.97 Å². The number of pyridine rings is 1. The van der Waals surface area contributed by atoms with Crippen molar-refractivity contribution in [3.05, 3.63) is 17.8 Å². The van der Waals surface area contributed by atoms with Gasteiger partial charge in [-0.2, -0.15) is 0 Å². The number of aromatic nitrogens is 3. The lowest BCUT2D eigenvalue weighted by atomic mass is 10.3. The standard InChI is InChI=1S/C12H14N4O3S/c1-7-3-4-14-11-10(7)15-12(20-6-9(18)19)16(11)5-8(17)13-2/h3-4H,5-6H2,1-2H3,(H,13,17)(H,18,19). The van der Waals surface area contributed by atoms with Gasteiger partial charge in [0.25, 0.3) is 0 Å². The number of nitrogens with zero attached hydrogens (tertiary/aromatic N) is 3. The fourth-order valence-corrected chi connectivity index (χ4v) is 2.44. The summed E-state index contributed by atoms with van der Waals surface area (Å²) in [6, 6.07) is 1.82. The van der Waals surface area contributed by atoms with Crippen LogP contribution in [-0.4, -0.2) is 44.3 Å². The molecule has 0 radical (unpaired) electrons. The van der Waals surface area contributed by atoms with Gasteiger partial charge in [0, 0.05) is 13.2 Å². The summed E-state index contributed by atoms with van der Waals surface area (Å²) in [5.74, 6) is -1.24. The van der Waals surface area contributed by atoms with Crippen molar-refractivity contribution in [2.24, 2.45) is 0 Å². The van der Waals surface area contributed by atoms with Crippen LogP contribution in [0.4, 0.5) is 0 Å². The number of aryl methyl sites for hydroxylation is 1. The molecule has 20 heavy (non-hydrogen) atoms. The summed E-state index contributed by atoms with van der Waals surface area (Å²) in [4.78, 5) is 30.9. The molecule has 7 nitrogen and oxygen atoms in total. The number of aliphatic carboxylic acids is 1. The molecule has 0 fully saturated rings. The zero-order chi connectivity index (χ0) is 14.7. The Kier molecular flexibility index (Phi) is 4.23. The van der Waals surface area contributed by atoms with E-state index in [-0.39, 0.29) is 18.2 Å². The van der Waals surface area contributed by atoms with E-state index in [1.54, 1.807) is 17.8 Å². The van der Waals surface area contributed by atoms with Gasteiger partial charge in [0.05, 0.1) is 5.75 Å². The number of likely N-dealkylation sites (N-methyl/N-ethyl adjacent to an activating group) is 1. The molecule has 0 saturated heterocycles. The highest BCUT2D eigenvalue weighted by molar-refractivity contribution is 7.99. The van der Waals surface area contributed by atoms with Crippen LogP contribution in [0.3, 0.4) is 0 Å². The first-order chi connectivity index (χ1) is 9.52. The molecule has 2 heterocycles. The molecular weight excluding hydrogens is 280 g/mol. The van der Waals surface area contributed by atoms with Crippen LogP contribution in [0.1, 0.15) is 5.56 Å². The molecule has 8 heteroatoms. The number of hydrogen-bond donors (Lipinski definition) is 2. The zero-order valence-corrected chi connectivity index (χ0v) is 11.9. The van der Waals surface area contributed by atoms with Crippen molar-refractivity contribution >= 4 is 34.8 Å². The van der Waals surface area contributed by atoms with Crippen molar-refractivity contribution in [2.45, 2.75) is 18.6 Å². The van der Waals surface area contributed by atoms with E-state index in [2.05, 4.69) is 15.3 Å². The summed E-state index contributed by atoms with van der Waals surface area (Å²) >= 11 is 1.07. The topological polar surface area (TPSA) is 97.1 Å². The van der Waals surface area contributed by atoms with Crippen molar-refractivity contribution < 1.29 is 14.7 Å². The summed E-state index contributed by atoms with van der Waals surface area (Å²) in [5, 5.41) is 11.8. The maximum atomic E-state index is 11.6. The van der Waals surface area contributed by atoms with E-state index in [1.807, 2.05) is 13.0 Å². The number of amides is 1. The molecule has 0 bridgehead atoms. The number of carbonyl (C=O) groups is 2. The van der Waals surface area contributed by atoms with Gasteiger partial charge in [-0.15, -0.1) is 0 Å². The summed E-state index contributed by atoms with van der Waals surface area (Å²) in [6.45, 7) is 1.96. The van der Waals surface area contributed by atoms with Crippen LogP contribution in [0, 0.1) is 6.92 Å². The second kappa shape index (κ2) is 5.91. The van der Waals surface area contributed by atoms with E-state index in [9.17, 15) is 9.59 Å². The first kappa shape index (κ1) is 14.3. The summed E-state index contributed by atoms with van der Waals surface area (Å²) in [7, 11) is 1.55. The minimum atomic E-state index is -0.932. The van der Waals surface area contributed by atoms with E-state index in [4.69, 9.17) is 5.11 Å². The molecular formula is C12H14N4O3S. The Hall–Kier alpha value is -2.09. The number of hydrogen-bond acceptors (Lipinski definition) is 5. The third-order valence-electron chi connectivity index (χ3n) is 2.71. The normalized spacial score (nSPS) is 10.7. The van der Waals surface area contributed by atoms with E-state index >= 15 is 0 Å². The van der Waals surface area contributed by atoms with Gasteiger partial charge in [-0.1, -0.05) is 11.8 Å². The SMILES string of the molecule is CNC(=O)Cn1c(SCC(=O)O)nc2c(C)ccnc21. The highest BCUT2D eigenvalue weighted by Gasteiger charge is 2.16. The van der Waals surface area contributed by atoms with Crippen LogP contribution < -0.4 is 5.32 Å². The molecule has 2 rings (SSSR count). The molecule has 0 unspecified atom stereocenters. The fourth-order valence-electron chi connectivity index (χ4n) is 1.72. The Morgan fingerprint density at radius 2 is 2.25 bits per heavy atom. The molecule has 2 N–H and O–H groups in total. The predicted octanol–water partition coefficient (Wildman–Crippen LogP) is 0.662. The highest BCUT2D eigenvalue weighted by atomic mass is 32.2. The van der Waals surface area contributed by atoms with Crippen LogP contribution in [0.2, 0.25) is 0 Å². The van der Waals surface area contributed by atoms with Gasteiger partial charge in [0.2, 0.25) is 5.91 Å². The maximum absolute atomic E-state index is 11.6. The molecule has 1 amide bonds. The van der Waals surface area contributed by atoms with Crippen molar-refractivity contribution in [1.29, 1.82) is 0 Å². The number of fused-ring (bicyclic) bond motifs is 1. The number of thioether (sulfide) groups is 1. The fraction of sp³-hybridized carbons (Fsp3) is 0.333. The van der Waals surface area contributed by atoms with Crippen molar-refractivity contribution in [3.8, 4) is 0 Å². The summed E-state index contributed by atoms with van der Waals surface area (Å²) < 4.78 is 1.63. The van der Waals surface area contributed by atoms with Crippen LogP contribution in [0.5, 0.6) is 0 Å². The summed E-state index contributed by atoms with van der Waals surface area (Å²) in [6.07, 6.45) is 1.64. The lowest BCUT2D eigenvalue weighted by Crippen LogP contribution is -2.24. The Labute approximate surface area is 119 Å². The van der Waals surface area contributed by atoms with Gasteiger partial charge in [0.1, 0.15) is 12.1 Å². The molecule has 0 spiro atoms. The van der Waals surface area contributed by atoms with Crippen LogP contribution in [0.15, 0.2) is 17.4 Å². The van der Waals surface area contributed by atoms with Gasteiger partial charge < -0.3 is 10.4 Å². The Morgan fingerprint density at radius 3 is 2.90 bits per heavy atom.